The SMILES string of the molecule is CC(=O)OCC1=C(C(=O)O)N2C(=O)[C@@H](CS)C2SC1. The number of β-lactam (4-membered cyclic amide) rings is 1. The van der Waals surface area contributed by atoms with Gasteiger partial charge >= 0.3 is 11.9 Å². The maximum Gasteiger partial charge on any atom is 0.352 e. The van der Waals surface area contributed by atoms with Gasteiger partial charge in [0.15, 0.2) is 0 Å². The molecule has 0 aromatic heterocycles. The van der Waals surface area contributed by atoms with Crippen molar-refractivity contribution >= 4 is 42.2 Å². The fourth-order valence-corrected chi connectivity index (χ4v) is 3.99. The summed E-state index contributed by atoms with van der Waals surface area (Å²) in [6.45, 7) is 1.16. The van der Waals surface area contributed by atoms with Gasteiger partial charge in [0.1, 0.15) is 12.3 Å². The quantitative estimate of drug-likeness (QED) is 0.443. The van der Waals surface area contributed by atoms with Crippen LogP contribution in [0.1, 0.15) is 6.92 Å². The third-order valence-corrected chi connectivity index (χ3v) is 4.80. The van der Waals surface area contributed by atoms with Crippen LogP contribution in [0.3, 0.4) is 0 Å². The molecule has 0 bridgehead atoms. The van der Waals surface area contributed by atoms with E-state index in [4.69, 9.17) is 4.74 Å². The minimum atomic E-state index is -1.17. The molecule has 0 spiro atoms. The van der Waals surface area contributed by atoms with Crippen LogP contribution in [-0.2, 0) is 19.1 Å². The molecule has 2 heterocycles. The highest BCUT2D eigenvalue weighted by molar-refractivity contribution is 8.00. The molecule has 1 fully saturated rings. The Morgan fingerprint density at radius 3 is 2.79 bits per heavy atom. The molecule has 104 valence electrons. The Bertz CT molecular complexity index is 476. The highest BCUT2D eigenvalue weighted by atomic mass is 32.2. The van der Waals surface area contributed by atoms with E-state index in [1.165, 1.54) is 23.6 Å². The largest absolute Gasteiger partial charge is 0.477 e. The van der Waals surface area contributed by atoms with Gasteiger partial charge in [0.2, 0.25) is 5.91 Å². The predicted octanol–water partition coefficient (Wildman–Crippen LogP) is 0.349. The lowest BCUT2D eigenvalue weighted by Crippen LogP contribution is -2.62. The number of rotatable bonds is 4. The molecule has 0 aromatic rings. The molecule has 2 atom stereocenters. The molecule has 2 rings (SSSR count). The number of carbonyl (C=O) groups is 3. The molecule has 0 aromatic carbocycles. The van der Waals surface area contributed by atoms with Crippen LogP contribution in [0.2, 0.25) is 0 Å². The number of carboxylic acid groups (broad SMARTS) is 1. The van der Waals surface area contributed by atoms with Gasteiger partial charge in [0, 0.05) is 24.0 Å². The number of thiol groups is 1. The lowest BCUT2D eigenvalue weighted by Gasteiger charge is -2.49. The zero-order valence-electron chi connectivity index (χ0n) is 10.2. The van der Waals surface area contributed by atoms with Crippen LogP contribution in [0.15, 0.2) is 11.3 Å². The average Bonchev–Trinajstić information content (AvgIpc) is 2.35. The fraction of sp³-hybridized carbons (Fsp3) is 0.545. The number of thioether (sulfide) groups is 1. The molecule has 0 aliphatic carbocycles. The van der Waals surface area contributed by atoms with Crippen molar-refractivity contribution in [2.45, 2.75) is 12.3 Å². The van der Waals surface area contributed by atoms with Crippen molar-refractivity contribution in [3.05, 3.63) is 11.3 Å². The van der Waals surface area contributed by atoms with E-state index in [1.807, 2.05) is 0 Å². The molecular formula is C11H13NO5S2. The topological polar surface area (TPSA) is 83.9 Å². The van der Waals surface area contributed by atoms with Crippen molar-refractivity contribution in [1.29, 1.82) is 0 Å². The lowest BCUT2D eigenvalue weighted by molar-refractivity contribution is -0.151. The van der Waals surface area contributed by atoms with Crippen LogP contribution in [0.4, 0.5) is 0 Å². The zero-order chi connectivity index (χ0) is 14.2. The Labute approximate surface area is 119 Å². The summed E-state index contributed by atoms with van der Waals surface area (Å²) in [5, 5.41) is 9.08. The summed E-state index contributed by atoms with van der Waals surface area (Å²) in [6, 6.07) is 0. The third-order valence-electron chi connectivity index (χ3n) is 3.01. The van der Waals surface area contributed by atoms with Crippen LogP contribution in [-0.4, -0.2) is 51.3 Å². The van der Waals surface area contributed by atoms with E-state index in [0.29, 0.717) is 17.1 Å². The number of carboxylic acids is 1. The number of amides is 1. The van der Waals surface area contributed by atoms with Crippen molar-refractivity contribution in [2.24, 2.45) is 5.92 Å². The summed E-state index contributed by atoms with van der Waals surface area (Å²) in [5.74, 6) is -1.28. The molecule has 0 saturated carbocycles. The van der Waals surface area contributed by atoms with Crippen molar-refractivity contribution in [1.82, 2.24) is 4.90 Å². The summed E-state index contributed by atoms with van der Waals surface area (Å²) in [4.78, 5) is 35.3. The van der Waals surface area contributed by atoms with Gasteiger partial charge in [0.25, 0.3) is 0 Å². The van der Waals surface area contributed by atoms with Crippen LogP contribution >= 0.6 is 24.4 Å². The number of aliphatic carboxylic acids is 1. The summed E-state index contributed by atoms with van der Waals surface area (Å²) in [7, 11) is 0. The second-order valence-corrected chi connectivity index (χ2v) is 5.71. The van der Waals surface area contributed by atoms with Crippen LogP contribution in [0.25, 0.3) is 0 Å². The Morgan fingerprint density at radius 1 is 1.58 bits per heavy atom. The van der Waals surface area contributed by atoms with E-state index < -0.39 is 11.9 Å². The smallest absolute Gasteiger partial charge is 0.352 e. The van der Waals surface area contributed by atoms with Crippen LogP contribution < -0.4 is 0 Å². The van der Waals surface area contributed by atoms with Gasteiger partial charge in [-0.1, -0.05) is 0 Å². The van der Waals surface area contributed by atoms with Gasteiger partial charge in [-0.2, -0.15) is 12.6 Å². The van der Waals surface area contributed by atoms with Crippen molar-refractivity contribution in [2.75, 3.05) is 18.1 Å². The van der Waals surface area contributed by atoms with Crippen molar-refractivity contribution in [3.63, 3.8) is 0 Å². The van der Waals surface area contributed by atoms with E-state index >= 15 is 0 Å². The van der Waals surface area contributed by atoms with Gasteiger partial charge in [-0.3, -0.25) is 14.5 Å². The van der Waals surface area contributed by atoms with Crippen LogP contribution in [0, 0.1) is 5.92 Å². The molecule has 2 aliphatic heterocycles. The molecule has 0 radical (unpaired) electrons. The van der Waals surface area contributed by atoms with Gasteiger partial charge < -0.3 is 9.84 Å². The number of carbonyl (C=O) groups excluding carboxylic acids is 2. The average molecular weight is 303 g/mol. The first-order chi connectivity index (χ1) is 8.97. The summed E-state index contributed by atoms with van der Waals surface area (Å²) in [6.07, 6.45) is 0. The summed E-state index contributed by atoms with van der Waals surface area (Å²) < 4.78 is 4.83. The van der Waals surface area contributed by atoms with Crippen molar-refractivity contribution < 1.29 is 24.2 Å². The minimum absolute atomic E-state index is 0.0481. The van der Waals surface area contributed by atoms with E-state index in [9.17, 15) is 19.5 Å². The maximum atomic E-state index is 11.9. The zero-order valence-corrected chi connectivity index (χ0v) is 11.9. The van der Waals surface area contributed by atoms with E-state index in [0.717, 1.165) is 0 Å². The first-order valence-corrected chi connectivity index (χ1v) is 7.29. The molecule has 8 heteroatoms. The molecule has 6 nitrogen and oxygen atoms in total. The second kappa shape index (κ2) is 5.46. The first-order valence-electron chi connectivity index (χ1n) is 5.61. The number of hydrogen-bond donors (Lipinski definition) is 2. The van der Waals surface area contributed by atoms with Crippen LogP contribution in [0.5, 0.6) is 0 Å². The summed E-state index contributed by atoms with van der Waals surface area (Å²) in [5.41, 5.74) is 0.406. The highest BCUT2D eigenvalue weighted by Gasteiger charge is 2.52. The van der Waals surface area contributed by atoms with E-state index in [-0.39, 0.29) is 29.5 Å². The van der Waals surface area contributed by atoms with Gasteiger partial charge in [-0.25, -0.2) is 4.79 Å². The monoisotopic (exact) mass is 303 g/mol. The van der Waals surface area contributed by atoms with Gasteiger partial charge in [0.05, 0.1) is 11.3 Å². The number of esters is 1. The molecule has 2 aliphatic rings. The van der Waals surface area contributed by atoms with Gasteiger partial charge in [-0.05, 0) is 0 Å². The number of ether oxygens (including phenoxy) is 1. The Morgan fingerprint density at radius 2 is 2.26 bits per heavy atom. The maximum absolute atomic E-state index is 11.9. The standard InChI is InChI=1S/C11H13NO5S2/c1-5(13)17-2-6-4-19-10-7(3-18)9(14)12(10)8(6)11(15)16/h7,10,18H,2-4H2,1H3,(H,15,16)/t7-,10?/m1/s1. The van der Waals surface area contributed by atoms with E-state index in [2.05, 4.69) is 12.6 Å². The molecule has 1 saturated heterocycles. The van der Waals surface area contributed by atoms with E-state index in [1.54, 1.807) is 0 Å². The molecule has 1 unspecified atom stereocenters. The molecule has 19 heavy (non-hydrogen) atoms. The predicted molar refractivity (Wildman–Crippen MR) is 71.7 cm³/mol. The number of nitrogens with zero attached hydrogens (tertiary/aromatic N) is 1. The third kappa shape index (κ3) is 2.46. The summed E-state index contributed by atoms with van der Waals surface area (Å²) >= 11 is 5.58. The normalized spacial score (nSPS) is 25.8. The first kappa shape index (κ1) is 14.3. The highest BCUT2D eigenvalue weighted by Crippen LogP contribution is 2.44. The Balaban J connectivity index is 2.25. The second-order valence-electron chi connectivity index (χ2n) is 4.24. The fourth-order valence-electron chi connectivity index (χ4n) is 2.10. The van der Waals surface area contributed by atoms with Gasteiger partial charge in [-0.15, -0.1) is 11.8 Å². The lowest BCUT2D eigenvalue weighted by atomic mass is 9.97. The molecular weight excluding hydrogens is 290 g/mol. The van der Waals surface area contributed by atoms with Crippen molar-refractivity contribution in [3.8, 4) is 0 Å². The Kier molecular flexibility index (Phi) is 4.10. The number of hydrogen-bond acceptors (Lipinski definition) is 6. The molecule has 1 amide bonds. The minimum Gasteiger partial charge on any atom is -0.477 e. The number of fused-ring (bicyclic) bond motifs is 1. The molecule has 1 N–H and O–H groups in total. The Hall–Kier alpha value is -1.15.